The maximum absolute atomic E-state index is 12.5. The van der Waals surface area contributed by atoms with Gasteiger partial charge in [-0.15, -0.1) is 0 Å². The Morgan fingerprint density at radius 3 is 2.47 bits per heavy atom. The summed E-state index contributed by atoms with van der Waals surface area (Å²) < 4.78 is 5.75. The van der Waals surface area contributed by atoms with Crippen LogP contribution in [0, 0.1) is 0 Å². The Kier molecular flexibility index (Phi) is 2.92. The van der Waals surface area contributed by atoms with Crippen LogP contribution >= 0.6 is 0 Å². The van der Waals surface area contributed by atoms with Crippen molar-refractivity contribution in [3.8, 4) is 5.75 Å². The number of carbonyl (C=O) groups excluding carboxylic acids is 1. The summed E-state index contributed by atoms with van der Waals surface area (Å²) >= 11 is 0. The third-order valence-electron chi connectivity index (χ3n) is 3.34. The standard InChI is InChI=1S/C17H14O2/c1-12-15(17(18)13-7-3-2-4-8-13)11-14-9-5-6-10-16(14)19-12/h2-10H,11H2,1H3. The van der Waals surface area contributed by atoms with Crippen LogP contribution < -0.4 is 4.74 Å². The number of hydrogen-bond donors (Lipinski definition) is 0. The maximum Gasteiger partial charge on any atom is 0.192 e. The molecule has 2 aromatic carbocycles. The first-order valence-electron chi connectivity index (χ1n) is 6.31. The van der Waals surface area contributed by atoms with E-state index in [-0.39, 0.29) is 5.78 Å². The minimum atomic E-state index is 0.0487. The van der Waals surface area contributed by atoms with Crippen molar-refractivity contribution in [1.29, 1.82) is 0 Å². The van der Waals surface area contributed by atoms with Crippen LogP contribution in [0.5, 0.6) is 5.75 Å². The normalized spacial score (nSPS) is 13.7. The largest absolute Gasteiger partial charge is 0.461 e. The van der Waals surface area contributed by atoms with Gasteiger partial charge in [-0.1, -0.05) is 48.5 Å². The number of carbonyl (C=O) groups is 1. The van der Waals surface area contributed by atoms with E-state index in [1.165, 1.54) is 0 Å². The third kappa shape index (κ3) is 2.17. The number of allylic oxidation sites excluding steroid dienone is 2. The first kappa shape index (κ1) is 11.7. The minimum absolute atomic E-state index is 0.0487. The topological polar surface area (TPSA) is 26.3 Å². The van der Waals surface area contributed by atoms with Crippen molar-refractivity contribution in [2.45, 2.75) is 13.3 Å². The Hall–Kier alpha value is -2.35. The lowest BCUT2D eigenvalue weighted by Gasteiger charge is -2.20. The van der Waals surface area contributed by atoms with E-state index in [4.69, 9.17) is 4.74 Å². The average molecular weight is 250 g/mol. The molecule has 0 amide bonds. The number of benzene rings is 2. The van der Waals surface area contributed by atoms with Gasteiger partial charge in [0.05, 0.1) is 0 Å². The Bertz CT molecular complexity index is 654. The number of ketones is 1. The molecule has 0 N–H and O–H groups in total. The molecule has 1 heterocycles. The molecule has 0 unspecified atom stereocenters. The summed E-state index contributed by atoms with van der Waals surface area (Å²) in [5.74, 6) is 1.60. The van der Waals surface area contributed by atoms with Gasteiger partial charge in [-0.3, -0.25) is 4.79 Å². The molecule has 2 nitrogen and oxygen atoms in total. The van der Waals surface area contributed by atoms with Gasteiger partial charge < -0.3 is 4.74 Å². The molecule has 0 aliphatic carbocycles. The number of hydrogen-bond acceptors (Lipinski definition) is 2. The molecule has 1 aliphatic rings. The highest BCUT2D eigenvalue weighted by molar-refractivity contribution is 6.09. The van der Waals surface area contributed by atoms with Crippen molar-refractivity contribution in [2.75, 3.05) is 0 Å². The van der Waals surface area contributed by atoms with Crippen LogP contribution in [0.25, 0.3) is 0 Å². The van der Waals surface area contributed by atoms with E-state index in [1.54, 1.807) is 0 Å². The highest BCUT2D eigenvalue weighted by Crippen LogP contribution is 2.31. The lowest BCUT2D eigenvalue weighted by Crippen LogP contribution is -2.15. The second-order valence-electron chi connectivity index (χ2n) is 4.62. The van der Waals surface area contributed by atoms with E-state index in [2.05, 4.69) is 0 Å². The summed E-state index contributed by atoms with van der Waals surface area (Å²) in [7, 11) is 0. The molecule has 0 aromatic heterocycles. The lowest BCUT2D eigenvalue weighted by atomic mass is 9.94. The molecular formula is C17H14O2. The number of para-hydroxylation sites is 1. The van der Waals surface area contributed by atoms with E-state index in [0.29, 0.717) is 17.7 Å². The SMILES string of the molecule is CC1=C(C(=O)c2ccccc2)Cc2ccccc2O1. The van der Waals surface area contributed by atoms with Crippen molar-refractivity contribution < 1.29 is 9.53 Å². The second-order valence-corrected chi connectivity index (χ2v) is 4.62. The van der Waals surface area contributed by atoms with E-state index < -0.39 is 0 Å². The van der Waals surface area contributed by atoms with Crippen LogP contribution in [-0.4, -0.2) is 5.78 Å². The van der Waals surface area contributed by atoms with Crippen molar-refractivity contribution in [2.24, 2.45) is 0 Å². The average Bonchev–Trinajstić information content (AvgIpc) is 2.47. The molecule has 2 heteroatoms. The van der Waals surface area contributed by atoms with Crippen molar-refractivity contribution in [3.63, 3.8) is 0 Å². The molecule has 19 heavy (non-hydrogen) atoms. The zero-order valence-electron chi connectivity index (χ0n) is 10.7. The number of ether oxygens (including phenoxy) is 1. The van der Waals surface area contributed by atoms with Gasteiger partial charge >= 0.3 is 0 Å². The summed E-state index contributed by atoms with van der Waals surface area (Å²) in [5.41, 5.74) is 2.51. The maximum atomic E-state index is 12.5. The van der Waals surface area contributed by atoms with Gasteiger partial charge in [0.15, 0.2) is 5.78 Å². The van der Waals surface area contributed by atoms with E-state index in [1.807, 2.05) is 61.5 Å². The predicted octanol–water partition coefficient (Wildman–Crippen LogP) is 3.78. The van der Waals surface area contributed by atoms with Gasteiger partial charge in [0.25, 0.3) is 0 Å². The fourth-order valence-corrected chi connectivity index (χ4v) is 2.29. The van der Waals surface area contributed by atoms with Crippen LogP contribution in [0.2, 0.25) is 0 Å². The van der Waals surface area contributed by atoms with Crippen molar-refractivity contribution >= 4 is 5.78 Å². The summed E-state index contributed by atoms with van der Waals surface area (Å²) in [4.78, 5) is 12.5. The molecule has 3 rings (SSSR count). The van der Waals surface area contributed by atoms with Gasteiger partial charge in [0.2, 0.25) is 0 Å². The quantitative estimate of drug-likeness (QED) is 0.758. The van der Waals surface area contributed by atoms with Crippen LogP contribution in [0.1, 0.15) is 22.8 Å². The number of rotatable bonds is 2. The Labute approximate surface area is 112 Å². The molecule has 2 aromatic rings. The zero-order valence-corrected chi connectivity index (χ0v) is 10.7. The first-order chi connectivity index (χ1) is 9.25. The zero-order chi connectivity index (χ0) is 13.2. The van der Waals surface area contributed by atoms with Gasteiger partial charge in [-0.05, 0) is 18.6 Å². The Morgan fingerprint density at radius 1 is 1.00 bits per heavy atom. The molecule has 0 saturated carbocycles. The second kappa shape index (κ2) is 4.73. The van der Waals surface area contributed by atoms with Crippen LogP contribution in [-0.2, 0) is 6.42 Å². The molecule has 0 fully saturated rings. The van der Waals surface area contributed by atoms with E-state index >= 15 is 0 Å². The van der Waals surface area contributed by atoms with Crippen molar-refractivity contribution in [1.82, 2.24) is 0 Å². The number of fused-ring (bicyclic) bond motifs is 1. The van der Waals surface area contributed by atoms with Crippen LogP contribution in [0.15, 0.2) is 65.9 Å². The third-order valence-corrected chi connectivity index (χ3v) is 3.34. The highest BCUT2D eigenvalue weighted by Gasteiger charge is 2.22. The molecule has 0 spiro atoms. The summed E-state index contributed by atoms with van der Waals surface area (Å²) in [6.07, 6.45) is 0.635. The van der Waals surface area contributed by atoms with Crippen LogP contribution in [0.3, 0.4) is 0 Å². The van der Waals surface area contributed by atoms with Gasteiger partial charge in [0.1, 0.15) is 11.5 Å². The Morgan fingerprint density at radius 2 is 1.68 bits per heavy atom. The summed E-state index contributed by atoms with van der Waals surface area (Å²) in [6.45, 7) is 1.85. The predicted molar refractivity (Wildman–Crippen MR) is 74.2 cm³/mol. The fourth-order valence-electron chi connectivity index (χ4n) is 2.29. The van der Waals surface area contributed by atoms with Gasteiger partial charge in [0, 0.05) is 17.6 Å². The molecule has 1 aliphatic heterocycles. The van der Waals surface area contributed by atoms with Gasteiger partial charge in [-0.2, -0.15) is 0 Å². The monoisotopic (exact) mass is 250 g/mol. The number of Topliss-reactive ketones (excluding diaryl/α,β-unsaturated/α-hetero) is 1. The summed E-state index contributed by atoms with van der Waals surface area (Å²) in [6, 6.07) is 17.2. The van der Waals surface area contributed by atoms with E-state index in [0.717, 1.165) is 16.9 Å². The molecule has 0 bridgehead atoms. The van der Waals surface area contributed by atoms with Gasteiger partial charge in [-0.25, -0.2) is 0 Å². The highest BCUT2D eigenvalue weighted by atomic mass is 16.5. The van der Waals surface area contributed by atoms with E-state index in [9.17, 15) is 4.79 Å². The minimum Gasteiger partial charge on any atom is -0.461 e. The Balaban J connectivity index is 1.96. The first-order valence-corrected chi connectivity index (χ1v) is 6.31. The van der Waals surface area contributed by atoms with Crippen molar-refractivity contribution in [3.05, 3.63) is 77.1 Å². The van der Waals surface area contributed by atoms with Crippen LogP contribution in [0.4, 0.5) is 0 Å². The fraction of sp³-hybridized carbons (Fsp3) is 0.118. The molecule has 0 saturated heterocycles. The molecule has 0 atom stereocenters. The molecular weight excluding hydrogens is 236 g/mol. The molecule has 94 valence electrons. The summed E-state index contributed by atoms with van der Waals surface area (Å²) in [5, 5.41) is 0. The molecule has 0 radical (unpaired) electrons. The lowest BCUT2D eigenvalue weighted by molar-refractivity contribution is 0.102. The smallest absolute Gasteiger partial charge is 0.192 e.